The first-order chi connectivity index (χ1) is 13.0. The molecule has 4 aromatic rings. The molecule has 3 aromatic heterocycles. The molecular formula is C19H17ClN4O2S. The first kappa shape index (κ1) is 17.8. The number of rotatable bonds is 4. The highest BCUT2D eigenvalue weighted by Crippen LogP contribution is 2.24. The standard InChI is InChI=1S/C19H17ClN4O2S/c1-11(18(25)21-10-13-5-3-4-6-14(13)20)24-19(26)16-9-17-15(7-8-27-17)23(16)12(2)22-24/h3-9,11H,10H2,1-2H3,(H,21,25)/t11-/m1/s1. The minimum atomic E-state index is -0.739. The summed E-state index contributed by atoms with van der Waals surface area (Å²) in [5, 5.41) is 9.78. The third kappa shape index (κ3) is 3.02. The summed E-state index contributed by atoms with van der Waals surface area (Å²) in [6.45, 7) is 3.78. The Hall–Kier alpha value is -2.64. The van der Waals surface area contributed by atoms with Gasteiger partial charge in [-0.15, -0.1) is 11.3 Å². The lowest BCUT2D eigenvalue weighted by Gasteiger charge is -2.16. The maximum Gasteiger partial charge on any atom is 0.291 e. The molecule has 0 saturated carbocycles. The normalized spacial score (nSPS) is 12.6. The van der Waals surface area contributed by atoms with Gasteiger partial charge in [0, 0.05) is 11.6 Å². The predicted octanol–water partition coefficient (Wildman–Crippen LogP) is 3.55. The van der Waals surface area contributed by atoms with Gasteiger partial charge in [0.2, 0.25) is 5.91 Å². The van der Waals surface area contributed by atoms with Crippen LogP contribution in [-0.2, 0) is 11.3 Å². The largest absolute Gasteiger partial charge is 0.350 e. The lowest BCUT2D eigenvalue weighted by molar-refractivity contribution is -0.124. The highest BCUT2D eigenvalue weighted by molar-refractivity contribution is 7.17. The van der Waals surface area contributed by atoms with Gasteiger partial charge in [-0.2, -0.15) is 5.10 Å². The van der Waals surface area contributed by atoms with Crippen LogP contribution >= 0.6 is 22.9 Å². The van der Waals surface area contributed by atoms with Crippen molar-refractivity contribution in [2.45, 2.75) is 26.4 Å². The third-order valence-electron chi connectivity index (χ3n) is 4.58. The van der Waals surface area contributed by atoms with Crippen molar-refractivity contribution in [2.75, 3.05) is 0 Å². The number of halogens is 1. The number of thiophene rings is 1. The van der Waals surface area contributed by atoms with Crippen LogP contribution < -0.4 is 10.9 Å². The molecule has 3 heterocycles. The highest BCUT2D eigenvalue weighted by Gasteiger charge is 2.21. The first-order valence-electron chi connectivity index (χ1n) is 8.46. The number of amides is 1. The van der Waals surface area contributed by atoms with E-state index in [0.717, 1.165) is 15.8 Å². The average molecular weight is 401 g/mol. The quantitative estimate of drug-likeness (QED) is 0.569. The molecule has 0 aliphatic heterocycles. The maximum absolute atomic E-state index is 12.9. The molecule has 138 valence electrons. The van der Waals surface area contributed by atoms with Crippen LogP contribution in [0.25, 0.3) is 15.7 Å². The van der Waals surface area contributed by atoms with Crippen LogP contribution in [0.15, 0.2) is 46.6 Å². The summed E-state index contributed by atoms with van der Waals surface area (Å²) in [4.78, 5) is 25.5. The second kappa shape index (κ2) is 6.83. The van der Waals surface area contributed by atoms with E-state index >= 15 is 0 Å². The van der Waals surface area contributed by atoms with E-state index in [-0.39, 0.29) is 11.5 Å². The second-order valence-corrected chi connectivity index (χ2v) is 7.67. The van der Waals surface area contributed by atoms with Crippen LogP contribution in [-0.4, -0.2) is 20.1 Å². The van der Waals surface area contributed by atoms with Gasteiger partial charge in [0.05, 0.1) is 10.2 Å². The molecule has 6 nitrogen and oxygen atoms in total. The monoisotopic (exact) mass is 400 g/mol. The number of nitrogens with zero attached hydrogens (tertiary/aromatic N) is 3. The van der Waals surface area contributed by atoms with Gasteiger partial charge < -0.3 is 5.32 Å². The van der Waals surface area contributed by atoms with Gasteiger partial charge >= 0.3 is 0 Å². The third-order valence-corrected chi connectivity index (χ3v) is 5.81. The van der Waals surface area contributed by atoms with Crippen LogP contribution in [0, 0.1) is 6.92 Å². The van der Waals surface area contributed by atoms with E-state index in [1.165, 1.54) is 4.68 Å². The van der Waals surface area contributed by atoms with E-state index in [0.29, 0.717) is 22.9 Å². The highest BCUT2D eigenvalue weighted by atomic mass is 35.5. The topological polar surface area (TPSA) is 68.4 Å². The van der Waals surface area contributed by atoms with Gasteiger partial charge in [-0.1, -0.05) is 29.8 Å². The molecule has 27 heavy (non-hydrogen) atoms. The van der Waals surface area contributed by atoms with Crippen LogP contribution in [0.4, 0.5) is 0 Å². The van der Waals surface area contributed by atoms with E-state index < -0.39 is 6.04 Å². The number of nitrogens with one attached hydrogen (secondary N) is 1. The fourth-order valence-corrected chi connectivity index (χ4v) is 4.15. The zero-order valence-electron chi connectivity index (χ0n) is 14.8. The number of carbonyl (C=O) groups is 1. The van der Waals surface area contributed by atoms with Gasteiger partial charge in [0.1, 0.15) is 17.4 Å². The molecule has 1 N–H and O–H groups in total. The summed E-state index contributed by atoms with van der Waals surface area (Å²) >= 11 is 7.69. The van der Waals surface area contributed by atoms with Crippen LogP contribution in [0.2, 0.25) is 5.02 Å². The van der Waals surface area contributed by atoms with Crippen LogP contribution in [0.3, 0.4) is 0 Å². The van der Waals surface area contributed by atoms with Crippen molar-refractivity contribution in [1.82, 2.24) is 19.5 Å². The van der Waals surface area contributed by atoms with Gasteiger partial charge in [0.15, 0.2) is 0 Å². The molecule has 0 aliphatic carbocycles. The number of carbonyl (C=O) groups excluding carboxylic acids is 1. The summed E-state index contributed by atoms with van der Waals surface area (Å²) in [6.07, 6.45) is 0. The van der Waals surface area contributed by atoms with Gasteiger partial charge in [-0.25, -0.2) is 4.68 Å². The zero-order chi connectivity index (χ0) is 19.1. The molecule has 0 radical (unpaired) electrons. The molecule has 1 atom stereocenters. The Bertz CT molecular complexity index is 1220. The minimum Gasteiger partial charge on any atom is -0.350 e. The lowest BCUT2D eigenvalue weighted by atomic mass is 10.2. The van der Waals surface area contributed by atoms with E-state index in [9.17, 15) is 9.59 Å². The molecule has 4 rings (SSSR count). The first-order valence-corrected chi connectivity index (χ1v) is 9.72. The molecule has 1 amide bonds. The average Bonchev–Trinajstić information content (AvgIpc) is 3.24. The van der Waals surface area contributed by atoms with E-state index in [1.54, 1.807) is 24.3 Å². The van der Waals surface area contributed by atoms with Gasteiger partial charge in [-0.3, -0.25) is 14.0 Å². The fourth-order valence-electron chi connectivity index (χ4n) is 3.14. The molecule has 8 heteroatoms. The SMILES string of the molecule is Cc1nn([C@H](C)C(=O)NCc2ccccc2Cl)c(=O)c2cc3sccc3n12. The smallest absolute Gasteiger partial charge is 0.291 e. The Labute approximate surface area is 164 Å². The molecule has 0 spiro atoms. The van der Waals surface area contributed by atoms with Crippen molar-refractivity contribution in [3.05, 3.63) is 68.5 Å². The molecule has 1 aromatic carbocycles. The fraction of sp³-hybridized carbons (Fsp3) is 0.211. The van der Waals surface area contributed by atoms with Crippen molar-refractivity contribution in [3.63, 3.8) is 0 Å². The maximum atomic E-state index is 12.9. The van der Waals surface area contributed by atoms with Crippen molar-refractivity contribution in [2.24, 2.45) is 0 Å². The lowest BCUT2D eigenvalue weighted by Crippen LogP contribution is -2.38. The number of hydrogen-bond acceptors (Lipinski definition) is 4. The van der Waals surface area contributed by atoms with Crippen LogP contribution in [0.5, 0.6) is 0 Å². The molecular weight excluding hydrogens is 384 g/mol. The Balaban J connectivity index is 1.65. The Morgan fingerprint density at radius 3 is 2.85 bits per heavy atom. The van der Waals surface area contributed by atoms with E-state index in [2.05, 4.69) is 10.4 Å². The Morgan fingerprint density at radius 2 is 2.07 bits per heavy atom. The number of fused-ring (bicyclic) bond motifs is 3. The predicted molar refractivity (Wildman–Crippen MR) is 108 cm³/mol. The summed E-state index contributed by atoms with van der Waals surface area (Å²) in [5.41, 5.74) is 2.01. The summed E-state index contributed by atoms with van der Waals surface area (Å²) in [7, 11) is 0. The minimum absolute atomic E-state index is 0.288. The van der Waals surface area contributed by atoms with E-state index in [1.807, 2.05) is 47.0 Å². The molecule has 0 unspecified atom stereocenters. The van der Waals surface area contributed by atoms with Crippen molar-refractivity contribution in [1.29, 1.82) is 0 Å². The Kier molecular flexibility index (Phi) is 4.49. The Morgan fingerprint density at radius 1 is 1.30 bits per heavy atom. The summed E-state index contributed by atoms with van der Waals surface area (Å²) in [5.74, 6) is 0.366. The summed E-state index contributed by atoms with van der Waals surface area (Å²) in [6, 6.07) is 10.4. The zero-order valence-corrected chi connectivity index (χ0v) is 16.3. The molecule has 0 fully saturated rings. The second-order valence-electron chi connectivity index (χ2n) is 6.32. The molecule has 0 saturated heterocycles. The van der Waals surface area contributed by atoms with E-state index in [4.69, 9.17) is 11.6 Å². The van der Waals surface area contributed by atoms with Crippen LogP contribution in [0.1, 0.15) is 24.4 Å². The van der Waals surface area contributed by atoms with Gasteiger partial charge in [-0.05, 0) is 43.0 Å². The summed E-state index contributed by atoms with van der Waals surface area (Å²) < 4.78 is 4.10. The molecule has 0 aliphatic rings. The number of hydrogen-bond donors (Lipinski definition) is 1. The molecule has 0 bridgehead atoms. The number of aryl methyl sites for hydroxylation is 1. The van der Waals surface area contributed by atoms with Crippen molar-refractivity contribution in [3.8, 4) is 0 Å². The number of benzene rings is 1. The van der Waals surface area contributed by atoms with Gasteiger partial charge in [0.25, 0.3) is 5.56 Å². The van der Waals surface area contributed by atoms with Crippen molar-refractivity contribution >= 4 is 44.6 Å². The number of aromatic nitrogens is 3. The van der Waals surface area contributed by atoms with Crippen molar-refractivity contribution < 1.29 is 4.79 Å².